The van der Waals surface area contributed by atoms with Crippen molar-refractivity contribution in [1.29, 1.82) is 0 Å². The third-order valence-electron chi connectivity index (χ3n) is 11.2. The van der Waals surface area contributed by atoms with Crippen LogP contribution in [0, 0.1) is 0 Å². The minimum Gasteiger partial charge on any atom is -0.264 e. The van der Waals surface area contributed by atoms with Gasteiger partial charge in [0.05, 0.1) is 11.4 Å². The highest BCUT2D eigenvalue weighted by molar-refractivity contribution is 6.11. The van der Waals surface area contributed by atoms with Crippen molar-refractivity contribution in [2.75, 3.05) is 0 Å². The van der Waals surface area contributed by atoms with Crippen LogP contribution in [0.5, 0.6) is 0 Å². The fourth-order valence-corrected chi connectivity index (χ4v) is 8.20. The van der Waals surface area contributed by atoms with Crippen LogP contribution in [0.3, 0.4) is 0 Å². The molecule has 0 N–H and O–H groups in total. The Kier molecular flexibility index (Phi) is 9.46. The lowest BCUT2D eigenvalue weighted by atomic mass is 9.85. The van der Waals surface area contributed by atoms with Crippen molar-refractivity contribution < 1.29 is 0 Å². The van der Waals surface area contributed by atoms with Gasteiger partial charge in [-0.2, -0.15) is 0 Å². The number of benzene rings is 7. The molecule has 0 amide bonds. The lowest BCUT2D eigenvalue weighted by molar-refractivity contribution is 1.18. The summed E-state index contributed by atoms with van der Waals surface area (Å²) in [5, 5.41) is 4.86. The van der Waals surface area contributed by atoms with E-state index in [1.807, 2.05) is 18.3 Å². The van der Waals surface area contributed by atoms with Crippen molar-refractivity contribution in [3.8, 4) is 56.2 Å². The maximum Gasteiger partial charge on any atom is 0.160 e. The SMILES string of the molecule is C=C1/C=C\C=C/C/C(c2cccc(-c3nc(-c4ccccc4)cc(-c4cccc(-c5cccnc5)c4)n3)c2)=C\c2c1cc(-c1cccc3ccccc13)c1ccccc21. The van der Waals surface area contributed by atoms with Crippen molar-refractivity contribution in [1.82, 2.24) is 15.0 Å². The maximum absolute atomic E-state index is 5.25. The minimum absolute atomic E-state index is 0.674. The Balaban J connectivity index is 1.13. The van der Waals surface area contributed by atoms with E-state index >= 15 is 0 Å². The summed E-state index contributed by atoms with van der Waals surface area (Å²) >= 11 is 0. The topological polar surface area (TPSA) is 38.7 Å². The Labute approximate surface area is 344 Å². The van der Waals surface area contributed by atoms with Crippen molar-refractivity contribution in [2.24, 2.45) is 0 Å². The molecule has 3 heteroatoms. The molecule has 59 heavy (non-hydrogen) atoms. The normalized spacial score (nSPS) is 14.6. The fourth-order valence-electron chi connectivity index (χ4n) is 8.20. The van der Waals surface area contributed by atoms with Gasteiger partial charge in [0.15, 0.2) is 5.82 Å². The average molecular weight is 754 g/mol. The molecule has 3 nitrogen and oxygen atoms in total. The van der Waals surface area contributed by atoms with Gasteiger partial charge in [-0.3, -0.25) is 4.98 Å². The van der Waals surface area contributed by atoms with E-state index < -0.39 is 0 Å². The molecule has 7 aromatic carbocycles. The highest BCUT2D eigenvalue weighted by atomic mass is 14.9. The molecular formula is C56H39N3. The van der Waals surface area contributed by atoms with E-state index in [0.717, 1.165) is 67.9 Å². The highest BCUT2D eigenvalue weighted by Gasteiger charge is 2.18. The largest absolute Gasteiger partial charge is 0.264 e. The molecule has 10 rings (SSSR count). The van der Waals surface area contributed by atoms with Crippen LogP contribution in [0.25, 0.3) is 94.9 Å². The third-order valence-corrected chi connectivity index (χ3v) is 11.2. The molecular weight excluding hydrogens is 715 g/mol. The fraction of sp³-hybridized carbons (Fsp3) is 0.0179. The third kappa shape index (κ3) is 7.11. The number of allylic oxidation sites excluding steroid dienone is 6. The summed E-state index contributed by atoms with van der Waals surface area (Å²) in [6.07, 6.45) is 15.4. The lowest BCUT2D eigenvalue weighted by Crippen LogP contribution is -1.97. The smallest absolute Gasteiger partial charge is 0.160 e. The summed E-state index contributed by atoms with van der Waals surface area (Å²) in [6, 6.07) is 60.0. The van der Waals surface area contributed by atoms with Crippen LogP contribution >= 0.6 is 0 Å². The van der Waals surface area contributed by atoms with Crippen LogP contribution in [-0.4, -0.2) is 15.0 Å². The van der Waals surface area contributed by atoms with E-state index in [2.05, 4.69) is 200 Å². The molecule has 1 aliphatic carbocycles. The minimum atomic E-state index is 0.674. The Morgan fingerprint density at radius 3 is 1.97 bits per heavy atom. The number of nitrogens with zero attached hydrogens (tertiary/aromatic N) is 3. The first-order chi connectivity index (χ1) is 29.2. The first kappa shape index (κ1) is 35.6. The lowest BCUT2D eigenvalue weighted by Gasteiger charge is -2.19. The van der Waals surface area contributed by atoms with E-state index in [9.17, 15) is 0 Å². The van der Waals surface area contributed by atoms with Gasteiger partial charge in [0.2, 0.25) is 0 Å². The monoisotopic (exact) mass is 753 g/mol. The Morgan fingerprint density at radius 1 is 0.458 bits per heavy atom. The molecule has 0 unspecified atom stereocenters. The van der Waals surface area contributed by atoms with Crippen LogP contribution in [0.4, 0.5) is 0 Å². The molecule has 0 radical (unpaired) electrons. The zero-order valence-electron chi connectivity index (χ0n) is 32.5. The maximum atomic E-state index is 5.25. The van der Waals surface area contributed by atoms with Crippen LogP contribution < -0.4 is 0 Å². The van der Waals surface area contributed by atoms with Crippen LogP contribution in [0.1, 0.15) is 23.1 Å². The Bertz CT molecular complexity index is 3130. The van der Waals surface area contributed by atoms with E-state index in [1.165, 1.54) is 38.2 Å². The summed E-state index contributed by atoms with van der Waals surface area (Å²) in [7, 11) is 0. The summed E-state index contributed by atoms with van der Waals surface area (Å²) in [4.78, 5) is 14.8. The second-order valence-corrected chi connectivity index (χ2v) is 14.9. The first-order valence-electron chi connectivity index (χ1n) is 20.0. The molecule has 278 valence electrons. The van der Waals surface area contributed by atoms with Gasteiger partial charge in [-0.25, -0.2) is 9.97 Å². The molecule has 2 aromatic heterocycles. The van der Waals surface area contributed by atoms with Gasteiger partial charge in [-0.15, -0.1) is 0 Å². The van der Waals surface area contributed by atoms with Crippen LogP contribution in [0.2, 0.25) is 0 Å². The van der Waals surface area contributed by atoms with Gasteiger partial charge in [0, 0.05) is 34.6 Å². The summed E-state index contributed by atoms with van der Waals surface area (Å²) < 4.78 is 0. The number of pyridine rings is 1. The zero-order chi connectivity index (χ0) is 39.5. The number of aromatic nitrogens is 3. The second-order valence-electron chi connectivity index (χ2n) is 14.9. The van der Waals surface area contributed by atoms with E-state index in [1.54, 1.807) is 6.20 Å². The van der Waals surface area contributed by atoms with E-state index in [0.29, 0.717) is 5.82 Å². The van der Waals surface area contributed by atoms with Crippen molar-refractivity contribution in [2.45, 2.75) is 6.42 Å². The molecule has 0 atom stereocenters. The second kappa shape index (κ2) is 15.7. The first-order valence-corrected chi connectivity index (χ1v) is 20.0. The molecule has 0 fully saturated rings. The van der Waals surface area contributed by atoms with Crippen molar-refractivity contribution in [3.63, 3.8) is 0 Å². The molecule has 0 bridgehead atoms. The van der Waals surface area contributed by atoms with Gasteiger partial charge in [-0.05, 0) is 109 Å². The number of hydrogen-bond donors (Lipinski definition) is 0. The number of rotatable bonds is 6. The zero-order valence-corrected chi connectivity index (χ0v) is 32.5. The van der Waals surface area contributed by atoms with E-state index in [4.69, 9.17) is 9.97 Å². The summed E-state index contributed by atoms with van der Waals surface area (Å²) in [5.74, 6) is 0.674. The molecule has 9 aromatic rings. The Morgan fingerprint density at radius 2 is 1.12 bits per heavy atom. The van der Waals surface area contributed by atoms with Gasteiger partial charge in [0.25, 0.3) is 0 Å². The standard InChI is InChI=1S/C56H39N3/c1-38-16-4-2-7-20-43(34-52-49-28-10-11-29-50(49)53(35-51(38)52)48-30-14-21-39-17-8-9-27-47(39)48)41-22-13-25-45(33-41)56-58-54(40-18-5-3-6-19-40)36-55(59-56)44-24-12-23-42(32-44)46-26-15-31-57-37-46/h2-19,21-37H,1,20H2/b7-2-,16-4-,43-34+. The van der Waals surface area contributed by atoms with Gasteiger partial charge >= 0.3 is 0 Å². The molecule has 0 saturated carbocycles. The van der Waals surface area contributed by atoms with Crippen LogP contribution in [0.15, 0.2) is 213 Å². The van der Waals surface area contributed by atoms with Crippen molar-refractivity contribution in [3.05, 3.63) is 230 Å². The molecule has 0 aliphatic heterocycles. The van der Waals surface area contributed by atoms with Gasteiger partial charge in [0.1, 0.15) is 0 Å². The number of fused-ring (bicyclic) bond motifs is 4. The molecule has 0 saturated heterocycles. The Hall–Kier alpha value is -7.75. The van der Waals surface area contributed by atoms with Crippen LogP contribution in [-0.2, 0) is 0 Å². The summed E-state index contributed by atoms with van der Waals surface area (Å²) in [6.45, 7) is 4.60. The van der Waals surface area contributed by atoms with Crippen molar-refractivity contribution >= 4 is 38.8 Å². The quantitative estimate of drug-likeness (QED) is 0.170. The van der Waals surface area contributed by atoms with Gasteiger partial charge in [-0.1, -0.05) is 170 Å². The van der Waals surface area contributed by atoms with Gasteiger partial charge < -0.3 is 0 Å². The summed E-state index contributed by atoms with van der Waals surface area (Å²) in [5.41, 5.74) is 14.9. The molecule has 2 heterocycles. The molecule has 0 spiro atoms. The predicted octanol–water partition coefficient (Wildman–Crippen LogP) is 14.6. The average Bonchev–Trinajstić information content (AvgIpc) is 3.31. The predicted molar refractivity (Wildman–Crippen MR) is 248 cm³/mol. The van der Waals surface area contributed by atoms with E-state index in [-0.39, 0.29) is 0 Å². The highest BCUT2D eigenvalue weighted by Crippen LogP contribution is 2.41. The molecule has 1 aliphatic rings. The number of hydrogen-bond acceptors (Lipinski definition) is 3.